The van der Waals surface area contributed by atoms with Gasteiger partial charge in [-0.2, -0.15) is 0 Å². The van der Waals surface area contributed by atoms with E-state index in [1.807, 2.05) is 6.07 Å². The number of nitrogen functional groups attached to an aromatic ring is 1. The molecule has 4 nitrogen and oxygen atoms in total. The third-order valence-corrected chi connectivity index (χ3v) is 4.78. The lowest BCUT2D eigenvalue weighted by Gasteiger charge is -2.43. The van der Waals surface area contributed by atoms with Gasteiger partial charge in [0.15, 0.2) is 0 Å². The fourth-order valence-corrected chi connectivity index (χ4v) is 3.14. The summed E-state index contributed by atoms with van der Waals surface area (Å²) < 4.78 is 0. The predicted molar refractivity (Wildman–Crippen MR) is 91.9 cm³/mol. The van der Waals surface area contributed by atoms with Gasteiger partial charge in [0, 0.05) is 29.9 Å². The van der Waals surface area contributed by atoms with Crippen LogP contribution in [0.4, 0.5) is 5.69 Å². The van der Waals surface area contributed by atoms with E-state index in [2.05, 4.69) is 31.0 Å². The summed E-state index contributed by atoms with van der Waals surface area (Å²) in [6.45, 7) is 9.60. The molecule has 1 atom stereocenters. The van der Waals surface area contributed by atoms with Crippen LogP contribution in [0.15, 0.2) is 24.3 Å². The van der Waals surface area contributed by atoms with Gasteiger partial charge < -0.3 is 11.1 Å². The van der Waals surface area contributed by atoms with Crippen molar-refractivity contribution in [1.29, 1.82) is 0 Å². The van der Waals surface area contributed by atoms with Crippen LogP contribution >= 0.6 is 0 Å². The molecule has 0 aliphatic carbocycles. The number of nitrogens with one attached hydrogen (secondary N) is 1. The number of carbonyl (C=O) groups excluding carboxylic acids is 1. The number of likely N-dealkylation sites (tertiary alicyclic amines) is 1. The van der Waals surface area contributed by atoms with Crippen LogP contribution in [0.25, 0.3) is 0 Å². The zero-order valence-electron chi connectivity index (χ0n) is 14.1. The van der Waals surface area contributed by atoms with Gasteiger partial charge in [-0.05, 0) is 57.4 Å². The summed E-state index contributed by atoms with van der Waals surface area (Å²) in [5.41, 5.74) is 6.96. The summed E-state index contributed by atoms with van der Waals surface area (Å²) in [6.07, 6.45) is 3.83. The van der Waals surface area contributed by atoms with Crippen molar-refractivity contribution in [1.82, 2.24) is 10.2 Å². The minimum absolute atomic E-state index is 0.0240. The number of nitrogens with two attached hydrogens (primary N) is 1. The highest BCUT2D eigenvalue weighted by atomic mass is 16.1. The number of hydrogen-bond donors (Lipinski definition) is 2. The fraction of sp³-hybridized carbons (Fsp3) is 0.611. The summed E-state index contributed by atoms with van der Waals surface area (Å²) in [7, 11) is 0. The summed E-state index contributed by atoms with van der Waals surface area (Å²) >= 11 is 0. The van der Waals surface area contributed by atoms with Crippen molar-refractivity contribution in [2.24, 2.45) is 5.92 Å². The molecule has 2 rings (SSSR count). The second-order valence-electron chi connectivity index (χ2n) is 6.98. The molecule has 1 unspecified atom stereocenters. The van der Waals surface area contributed by atoms with Crippen LogP contribution in [0.2, 0.25) is 0 Å². The molecule has 1 amide bonds. The first-order valence-corrected chi connectivity index (χ1v) is 8.31. The van der Waals surface area contributed by atoms with Crippen molar-refractivity contribution < 1.29 is 4.79 Å². The molecular formula is C18H29N3O. The molecule has 1 heterocycles. The van der Waals surface area contributed by atoms with E-state index >= 15 is 0 Å². The Labute approximate surface area is 134 Å². The van der Waals surface area contributed by atoms with Crippen LogP contribution in [0.1, 0.15) is 50.4 Å². The molecule has 3 N–H and O–H groups in total. The van der Waals surface area contributed by atoms with Crippen LogP contribution < -0.4 is 11.1 Å². The van der Waals surface area contributed by atoms with Crippen molar-refractivity contribution in [3.63, 3.8) is 0 Å². The van der Waals surface area contributed by atoms with E-state index in [1.165, 1.54) is 19.3 Å². The van der Waals surface area contributed by atoms with Gasteiger partial charge in [-0.1, -0.05) is 19.4 Å². The number of rotatable bonds is 5. The second kappa shape index (κ2) is 7.14. The highest BCUT2D eigenvalue weighted by Crippen LogP contribution is 2.25. The minimum Gasteiger partial charge on any atom is -0.399 e. The van der Waals surface area contributed by atoms with E-state index in [-0.39, 0.29) is 11.4 Å². The van der Waals surface area contributed by atoms with Crippen molar-refractivity contribution in [2.75, 3.05) is 25.4 Å². The van der Waals surface area contributed by atoms with Crippen molar-refractivity contribution in [3.05, 3.63) is 29.8 Å². The highest BCUT2D eigenvalue weighted by molar-refractivity contribution is 5.95. The Hall–Kier alpha value is -1.55. The summed E-state index contributed by atoms with van der Waals surface area (Å²) in [4.78, 5) is 14.8. The Morgan fingerprint density at radius 1 is 1.45 bits per heavy atom. The quantitative estimate of drug-likeness (QED) is 0.822. The molecule has 0 radical (unpaired) electrons. The van der Waals surface area contributed by atoms with Gasteiger partial charge in [0.05, 0.1) is 0 Å². The average Bonchev–Trinajstić information content (AvgIpc) is 2.52. The molecule has 0 aromatic heterocycles. The number of nitrogens with zero attached hydrogens (tertiary/aromatic N) is 1. The lowest BCUT2D eigenvalue weighted by atomic mass is 9.91. The van der Waals surface area contributed by atoms with Gasteiger partial charge in [-0.15, -0.1) is 0 Å². The van der Waals surface area contributed by atoms with Crippen molar-refractivity contribution in [2.45, 2.75) is 45.6 Å². The standard InChI is InChI=1S/C18H29N3O/c1-4-14-7-6-10-21(12-14)18(2,3)13-20-17(22)15-8-5-9-16(19)11-15/h5,8-9,11,14H,4,6-7,10,12-13,19H2,1-3H3,(H,20,22). The minimum atomic E-state index is -0.0515. The topological polar surface area (TPSA) is 58.4 Å². The fourth-order valence-electron chi connectivity index (χ4n) is 3.14. The third-order valence-electron chi connectivity index (χ3n) is 4.78. The van der Waals surface area contributed by atoms with E-state index in [0.717, 1.165) is 19.0 Å². The number of anilines is 1. The maximum absolute atomic E-state index is 12.3. The van der Waals surface area contributed by atoms with Crippen LogP contribution in [-0.2, 0) is 0 Å². The zero-order valence-corrected chi connectivity index (χ0v) is 14.1. The van der Waals surface area contributed by atoms with E-state index < -0.39 is 0 Å². The predicted octanol–water partition coefficient (Wildman–Crippen LogP) is 2.90. The van der Waals surface area contributed by atoms with Gasteiger partial charge in [0.1, 0.15) is 0 Å². The Kier molecular flexibility index (Phi) is 5.46. The first-order chi connectivity index (χ1) is 10.4. The van der Waals surface area contributed by atoms with Crippen molar-refractivity contribution >= 4 is 11.6 Å². The van der Waals surface area contributed by atoms with Gasteiger partial charge in [0.25, 0.3) is 5.91 Å². The number of piperidine rings is 1. The van der Waals surface area contributed by atoms with E-state index in [1.54, 1.807) is 18.2 Å². The number of carbonyl (C=O) groups is 1. The number of amides is 1. The maximum Gasteiger partial charge on any atom is 0.251 e. The molecule has 4 heteroatoms. The Morgan fingerprint density at radius 3 is 2.91 bits per heavy atom. The normalized spacial score (nSPS) is 19.9. The molecule has 1 fully saturated rings. The first kappa shape index (κ1) is 16.8. The molecule has 1 aromatic carbocycles. The monoisotopic (exact) mass is 303 g/mol. The molecule has 1 aliphatic heterocycles. The average molecular weight is 303 g/mol. The van der Waals surface area contributed by atoms with E-state index in [9.17, 15) is 4.79 Å². The Morgan fingerprint density at radius 2 is 2.23 bits per heavy atom. The molecule has 0 bridgehead atoms. The van der Waals surface area contributed by atoms with Crippen molar-refractivity contribution in [3.8, 4) is 0 Å². The number of benzene rings is 1. The molecule has 1 aromatic rings. The van der Waals surface area contributed by atoms with E-state index in [4.69, 9.17) is 5.73 Å². The SMILES string of the molecule is CCC1CCCN(C(C)(C)CNC(=O)c2cccc(N)c2)C1. The van der Waals surface area contributed by atoms with Crippen LogP contribution in [0, 0.1) is 5.92 Å². The molecule has 1 saturated heterocycles. The van der Waals surface area contributed by atoms with Gasteiger partial charge in [-0.3, -0.25) is 9.69 Å². The number of hydrogen-bond acceptors (Lipinski definition) is 3. The molecule has 122 valence electrons. The maximum atomic E-state index is 12.3. The largest absolute Gasteiger partial charge is 0.399 e. The molecular weight excluding hydrogens is 274 g/mol. The van der Waals surface area contributed by atoms with Gasteiger partial charge in [-0.25, -0.2) is 0 Å². The lowest BCUT2D eigenvalue weighted by molar-refractivity contribution is 0.0612. The molecule has 22 heavy (non-hydrogen) atoms. The molecule has 0 saturated carbocycles. The summed E-state index contributed by atoms with van der Waals surface area (Å²) in [5.74, 6) is 0.738. The van der Waals surface area contributed by atoms with Crippen LogP contribution in [-0.4, -0.2) is 36.0 Å². The molecule has 1 aliphatic rings. The second-order valence-corrected chi connectivity index (χ2v) is 6.98. The summed E-state index contributed by atoms with van der Waals surface area (Å²) in [6, 6.07) is 7.12. The van der Waals surface area contributed by atoms with Crippen LogP contribution in [0.5, 0.6) is 0 Å². The Bertz CT molecular complexity index is 513. The first-order valence-electron chi connectivity index (χ1n) is 8.31. The van der Waals surface area contributed by atoms with E-state index in [0.29, 0.717) is 17.8 Å². The molecule has 0 spiro atoms. The lowest BCUT2D eigenvalue weighted by Crippen LogP contribution is -2.54. The summed E-state index contributed by atoms with van der Waals surface area (Å²) in [5, 5.41) is 3.06. The van der Waals surface area contributed by atoms with Crippen LogP contribution in [0.3, 0.4) is 0 Å². The smallest absolute Gasteiger partial charge is 0.251 e. The highest BCUT2D eigenvalue weighted by Gasteiger charge is 2.31. The Balaban J connectivity index is 1.93. The zero-order chi connectivity index (χ0) is 16.2. The van der Waals surface area contributed by atoms with Gasteiger partial charge in [0.2, 0.25) is 0 Å². The van der Waals surface area contributed by atoms with Gasteiger partial charge >= 0.3 is 0 Å². The third kappa shape index (κ3) is 4.23.